The van der Waals surface area contributed by atoms with E-state index in [4.69, 9.17) is 9.84 Å². The summed E-state index contributed by atoms with van der Waals surface area (Å²) in [5.74, 6) is -1.03. The summed E-state index contributed by atoms with van der Waals surface area (Å²) in [5, 5.41) is 9.05. The summed E-state index contributed by atoms with van der Waals surface area (Å²) in [6.07, 6.45) is 1.41. The van der Waals surface area contributed by atoms with E-state index < -0.39 is 5.92 Å². The second-order valence-corrected chi connectivity index (χ2v) is 2.58. The lowest BCUT2D eigenvalue weighted by Gasteiger charge is -2.12. The number of hydrogen-bond acceptors (Lipinski definition) is 3. The Hall–Kier alpha value is -0.990. The highest BCUT2D eigenvalue weighted by atomic mass is 16.5. The van der Waals surface area contributed by atoms with E-state index in [1.807, 2.05) is 6.92 Å². The van der Waals surface area contributed by atoms with Gasteiger partial charge in [-0.3, -0.25) is 4.79 Å². The highest BCUT2D eigenvalue weighted by molar-refractivity contribution is 5.74. The van der Waals surface area contributed by atoms with Crippen molar-refractivity contribution in [1.29, 1.82) is 0 Å². The van der Waals surface area contributed by atoms with Crippen LogP contribution in [0.4, 0.5) is 0 Å². The minimum atomic E-state index is -0.546. The Labute approximate surface area is 73.0 Å². The maximum atomic E-state index is 11.1. The first kappa shape index (κ1) is 11.0. The zero-order valence-electron chi connectivity index (χ0n) is 7.67. The van der Waals surface area contributed by atoms with Gasteiger partial charge in [0.1, 0.15) is 5.92 Å². The molecule has 70 valence electrons. The molecule has 0 radical (unpaired) electrons. The number of ether oxygens (including phenoxy) is 1. The van der Waals surface area contributed by atoms with Crippen molar-refractivity contribution in [2.24, 2.45) is 5.92 Å². The van der Waals surface area contributed by atoms with Crippen LogP contribution < -0.4 is 0 Å². The fourth-order valence-electron chi connectivity index (χ4n) is 0.952. The lowest BCUT2D eigenvalue weighted by Crippen LogP contribution is -2.19. The molecule has 0 rings (SSSR count). The Morgan fingerprint density at radius 2 is 2.17 bits per heavy atom. The van der Waals surface area contributed by atoms with Crippen molar-refractivity contribution in [2.75, 3.05) is 6.61 Å². The van der Waals surface area contributed by atoms with Gasteiger partial charge in [-0.05, 0) is 13.3 Å². The van der Waals surface area contributed by atoms with Crippen LogP contribution in [0.15, 0.2) is 12.3 Å². The summed E-state index contributed by atoms with van der Waals surface area (Å²) in [7, 11) is 0. The van der Waals surface area contributed by atoms with Gasteiger partial charge in [0, 0.05) is 0 Å². The Balaban J connectivity index is 4.09. The number of esters is 1. The molecular weight excluding hydrogens is 156 g/mol. The predicted octanol–water partition coefficient (Wildman–Crippen LogP) is 2.04. The van der Waals surface area contributed by atoms with Gasteiger partial charge in [0.05, 0.1) is 12.4 Å². The molecule has 0 heterocycles. The van der Waals surface area contributed by atoms with E-state index in [9.17, 15) is 4.79 Å². The SMILES string of the molecule is C=C(O)C(CCC)C(=O)OCC. The van der Waals surface area contributed by atoms with Crippen molar-refractivity contribution in [3.8, 4) is 0 Å². The molecule has 0 aromatic rings. The smallest absolute Gasteiger partial charge is 0.316 e. The first-order valence-electron chi connectivity index (χ1n) is 4.17. The van der Waals surface area contributed by atoms with Crippen LogP contribution in [0.5, 0.6) is 0 Å². The fourth-order valence-corrected chi connectivity index (χ4v) is 0.952. The molecule has 0 saturated heterocycles. The molecule has 1 atom stereocenters. The van der Waals surface area contributed by atoms with Crippen molar-refractivity contribution in [3.05, 3.63) is 12.3 Å². The van der Waals surface area contributed by atoms with Gasteiger partial charge in [-0.1, -0.05) is 19.9 Å². The summed E-state index contributed by atoms with van der Waals surface area (Å²) >= 11 is 0. The highest BCUT2D eigenvalue weighted by Crippen LogP contribution is 2.14. The molecule has 12 heavy (non-hydrogen) atoms. The number of carbonyl (C=O) groups is 1. The molecule has 0 fully saturated rings. The molecule has 0 amide bonds. The molecule has 0 aliphatic rings. The number of hydrogen-bond donors (Lipinski definition) is 1. The van der Waals surface area contributed by atoms with Gasteiger partial charge in [0.15, 0.2) is 0 Å². The van der Waals surface area contributed by atoms with Crippen LogP contribution in [-0.2, 0) is 9.53 Å². The maximum Gasteiger partial charge on any atom is 0.316 e. The third kappa shape index (κ3) is 3.42. The molecule has 0 aliphatic heterocycles. The first-order valence-corrected chi connectivity index (χ1v) is 4.17. The molecule has 0 bridgehead atoms. The molecule has 0 spiro atoms. The van der Waals surface area contributed by atoms with E-state index >= 15 is 0 Å². The normalized spacial score (nSPS) is 12.2. The standard InChI is InChI=1S/C9H16O3/c1-4-6-8(7(3)10)9(11)12-5-2/h8,10H,3-6H2,1-2H3. The zero-order chi connectivity index (χ0) is 9.56. The summed E-state index contributed by atoms with van der Waals surface area (Å²) in [6, 6.07) is 0. The lowest BCUT2D eigenvalue weighted by molar-refractivity contribution is -0.147. The average Bonchev–Trinajstić information content (AvgIpc) is 1.99. The molecule has 0 aliphatic carbocycles. The molecule has 3 heteroatoms. The predicted molar refractivity (Wildman–Crippen MR) is 46.8 cm³/mol. The Morgan fingerprint density at radius 1 is 1.58 bits per heavy atom. The molecule has 3 nitrogen and oxygen atoms in total. The molecule has 0 aromatic heterocycles. The fraction of sp³-hybridized carbons (Fsp3) is 0.667. The minimum absolute atomic E-state index is 0.102. The first-order chi connectivity index (χ1) is 5.63. The van der Waals surface area contributed by atoms with Crippen molar-refractivity contribution >= 4 is 5.97 Å². The Morgan fingerprint density at radius 3 is 2.50 bits per heavy atom. The van der Waals surface area contributed by atoms with Crippen molar-refractivity contribution < 1.29 is 14.6 Å². The topological polar surface area (TPSA) is 46.5 Å². The third-order valence-corrected chi connectivity index (χ3v) is 1.55. The lowest BCUT2D eigenvalue weighted by atomic mass is 10.0. The van der Waals surface area contributed by atoms with E-state index in [1.54, 1.807) is 6.92 Å². The van der Waals surface area contributed by atoms with Crippen molar-refractivity contribution in [1.82, 2.24) is 0 Å². The molecule has 0 saturated carbocycles. The van der Waals surface area contributed by atoms with Gasteiger partial charge in [-0.2, -0.15) is 0 Å². The molecule has 0 aromatic carbocycles. The van der Waals surface area contributed by atoms with Gasteiger partial charge >= 0.3 is 5.97 Å². The van der Waals surface area contributed by atoms with E-state index in [0.717, 1.165) is 6.42 Å². The summed E-state index contributed by atoms with van der Waals surface area (Å²) in [4.78, 5) is 11.1. The minimum Gasteiger partial charge on any atom is -0.512 e. The van der Waals surface area contributed by atoms with Gasteiger partial charge in [0.2, 0.25) is 0 Å². The van der Waals surface area contributed by atoms with Gasteiger partial charge in [-0.15, -0.1) is 0 Å². The van der Waals surface area contributed by atoms with Crippen molar-refractivity contribution in [2.45, 2.75) is 26.7 Å². The quantitative estimate of drug-likeness (QED) is 0.510. The summed E-state index contributed by atoms with van der Waals surface area (Å²) < 4.78 is 4.76. The second-order valence-electron chi connectivity index (χ2n) is 2.58. The highest BCUT2D eigenvalue weighted by Gasteiger charge is 2.21. The van der Waals surface area contributed by atoms with Gasteiger partial charge < -0.3 is 9.84 Å². The van der Waals surface area contributed by atoms with Crippen LogP contribution in [0.3, 0.4) is 0 Å². The number of aliphatic hydroxyl groups is 1. The van der Waals surface area contributed by atoms with Crippen LogP contribution in [0.1, 0.15) is 26.7 Å². The Bertz CT molecular complexity index is 163. The number of aliphatic hydroxyl groups excluding tert-OH is 1. The monoisotopic (exact) mass is 172 g/mol. The Kier molecular flexibility index (Phi) is 5.17. The van der Waals surface area contributed by atoms with Gasteiger partial charge in [-0.25, -0.2) is 0 Å². The molecule has 1 N–H and O–H groups in total. The molecule has 1 unspecified atom stereocenters. The maximum absolute atomic E-state index is 11.1. The average molecular weight is 172 g/mol. The van der Waals surface area contributed by atoms with Crippen molar-refractivity contribution in [3.63, 3.8) is 0 Å². The molecular formula is C9H16O3. The van der Waals surface area contributed by atoms with E-state index in [0.29, 0.717) is 13.0 Å². The largest absolute Gasteiger partial charge is 0.512 e. The number of rotatable bonds is 5. The number of carbonyl (C=O) groups excluding carboxylic acids is 1. The van der Waals surface area contributed by atoms with E-state index in [-0.39, 0.29) is 11.7 Å². The van der Waals surface area contributed by atoms with Crippen LogP contribution in [0, 0.1) is 5.92 Å². The zero-order valence-corrected chi connectivity index (χ0v) is 7.67. The van der Waals surface area contributed by atoms with E-state index in [1.165, 1.54) is 0 Å². The van der Waals surface area contributed by atoms with Crippen LogP contribution in [-0.4, -0.2) is 17.7 Å². The van der Waals surface area contributed by atoms with Crippen LogP contribution in [0.25, 0.3) is 0 Å². The van der Waals surface area contributed by atoms with E-state index in [2.05, 4.69) is 6.58 Å². The summed E-state index contributed by atoms with van der Waals surface area (Å²) in [5.41, 5.74) is 0. The van der Waals surface area contributed by atoms with Crippen LogP contribution in [0.2, 0.25) is 0 Å². The third-order valence-electron chi connectivity index (χ3n) is 1.55. The van der Waals surface area contributed by atoms with Gasteiger partial charge in [0.25, 0.3) is 0 Å². The van der Waals surface area contributed by atoms with Crippen LogP contribution >= 0.6 is 0 Å². The summed E-state index contributed by atoms with van der Waals surface area (Å²) in [6.45, 7) is 7.35. The second kappa shape index (κ2) is 5.63.